The molecular weight excluding hydrogens is 316 g/mol. The first-order chi connectivity index (χ1) is 11.8. The Hall–Kier alpha value is -2.04. The third-order valence-electron chi connectivity index (χ3n) is 4.63. The van der Waals surface area contributed by atoms with E-state index < -0.39 is 5.72 Å². The van der Waals surface area contributed by atoms with Crippen LogP contribution in [0.5, 0.6) is 0 Å². The van der Waals surface area contributed by atoms with Gasteiger partial charge in [0.2, 0.25) is 0 Å². The van der Waals surface area contributed by atoms with Crippen LogP contribution in [0.3, 0.4) is 0 Å². The lowest BCUT2D eigenvalue weighted by molar-refractivity contribution is -0.0502. The molecule has 1 unspecified atom stereocenters. The second kappa shape index (κ2) is 6.46. The fourth-order valence-electron chi connectivity index (χ4n) is 3.50. The van der Waals surface area contributed by atoms with Crippen LogP contribution in [0, 0.1) is 0 Å². The SMILES string of the molecule is OC1(C(c2ccccc2)c2ccccc2)CSC2=NCC=CCN21. The van der Waals surface area contributed by atoms with Crippen LogP contribution in [0.4, 0.5) is 0 Å². The first-order valence-electron chi connectivity index (χ1n) is 8.21. The maximum absolute atomic E-state index is 11.8. The molecule has 0 saturated carbocycles. The first-order valence-corrected chi connectivity index (χ1v) is 9.20. The molecule has 1 atom stereocenters. The summed E-state index contributed by atoms with van der Waals surface area (Å²) in [4.78, 5) is 6.67. The van der Waals surface area contributed by atoms with Crippen molar-refractivity contribution in [2.24, 2.45) is 4.99 Å². The van der Waals surface area contributed by atoms with Crippen LogP contribution < -0.4 is 0 Å². The van der Waals surface area contributed by atoms with Crippen LogP contribution in [0.2, 0.25) is 0 Å². The predicted octanol–water partition coefficient (Wildman–Crippen LogP) is 3.48. The Kier molecular flexibility index (Phi) is 4.17. The maximum Gasteiger partial charge on any atom is 0.162 e. The number of amidine groups is 1. The van der Waals surface area contributed by atoms with E-state index in [1.807, 2.05) is 36.4 Å². The number of hydrogen-bond acceptors (Lipinski definition) is 4. The Labute approximate surface area is 146 Å². The van der Waals surface area contributed by atoms with Crippen molar-refractivity contribution in [3.05, 3.63) is 83.9 Å². The molecule has 0 amide bonds. The predicted molar refractivity (Wildman–Crippen MR) is 100 cm³/mol. The van der Waals surface area contributed by atoms with E-state index in [-0.39, 0.29) is 5.92 Å². The molecule has 1 fully saturated rings. The van der Waals surface area contributed by atoms with E-state index >= 15 is 0 Å². The molecule has 2 aliphatic heterocycles. The van der Waals surface area contributed by atoms with Crippen molar-refractivity contribution in [1.29, 1.82) is 0 Å². The number of fused-ring (bicyclic) bond motifs is 1. The van der Waals surface area contributed by atoms with Gasteiger partial charge in [-0.1, -0.05) is 84.6 Å². The van der Waals surface area contributed by atoms with Crippen molar-refractivity contribution in [2.45, 2.75) is 11.6 Å². The van der Waals surface area contributed by atoms with Crippen LogP contribution >= 0.6 is 11.8 Å². The zero-order valence-electron chi connectivity index (χ0n) is 13.4. The molecule has 3 nitrogen and oxygen atoms in total. The highest BCUT2D eigenvalue weighted by atomic mass is 32.2. The fourth-order valence-corrected chi connectivity index (χ4v) is 4.72. The molecular formula is C20H20N2OS. The number of hydrogen-bond donors (Lipinski definition) is 1. The topological polar surface area (TPSA) is 35.8 Å². The molecule has 4 rings (SSSR count). The summed E-state index contributed by atoms with van der Waals surface area (Å²) in [6, 6.07) is 20.6. The van der Waals surface area contributed by atoms with Crippen molar-refractivity contribution in [3.63, 3.8) is 0 Å². The van der Waals surface area contributed by atoms with Crippen molar-refractivity contribution < 1.29 is 5.11 Å². The molecule has 0 bridgehead atoms. The molecule has 0 spiro atoms. The van der Waals surface area contributed by atoms with E-state index in [9.17, 15) is 5.11 Å². The summed E-state index contributed by atoms with van der Waals surface area (Å²) in [5.41, 5.74) is 1.27. The Bertz CT molecular complexity index is 720. The van der Waals surface area contributed by atoms with Crippen molar-refractivity contribution >= 4 is 16.9 Å². The van der Waals surface area contributed by atoms with E-state index in [1.54, 1.807) is 11.8 Å². The van der Waals surface area contributed by atoms with Gasteiger partial charge in [-0.25, -0.2) is 0 Å². The van der Waals surface area contributed by atoms with Crippen molar-refractivity contribution in [1.82, 2.24) is 4.90 Å². The van der Waals surface area contributed by atoms with E-state index in [2.05, 4.69) is 46.3 Å². The van der Waals surface area contributed by atoms with Crippen LogP contribution in [-0.2, 0) is 0 Å². The molecule has 0 radical (unpaired) electrons. The molecule has 2 aromatic rings. The molecule has 2 aromatic carbocycles. The van der Waals surface area contributed by atoms with Gasteiger partial charge in [0.05, 0.1) is 18.2 Å². The number of benzene rings is 2. The Morgan fingerprint density at radius 1 is 0.958 bits per heavy atom. The number of thioether (sulfide) groups is 1. The highest BCUT2D eigenvalue weighted by Gasteiger charge is 2.49. The fraction of sp³-hybridized carbons (Fsp3) is 0.250. The van der Waals surface area contributed by atoms with Crippen LogP contribution in [0.1, 0.15) is 17.0 Å². The maximum atomic E-state index is 11.8. The zero-order valence-corrected chi connectivity index (χ0v) is 14.2. The Morgan fingerprint density at radius 2 is 1.58 bits per heavy atom. The lowest BCUT2D eigenvalue weighted by atomic mass is 9.82. The molecule has 2 aliphatic rings. The molecule has 0 aliphatic carbocycles. The lowest BCUT2D eigenvalue weighted by Gasteiger charge is -2.40. The number of rotatable bonds is 3. The summed E-state index contributed by atoms with van der Waals surface area (Å²) in [7, 11) is 0. The minimum absolute atomic E-state index is 0.119. The van der Waals surface area contributed by atoms with E-state index in [0.717, 1.165) is 16.3 Å². The van der Waals surface area contributed by atoms with Gasteiger partial charge in [0.25, 0.3) is 0 Å². The molecule has 1 saturated heterocycles. The summed E-state index contributed by atoms with van der Waals surface area (Å²) in [6.07, 6.45) is 4.16. The standard InChI is InChI=1S/C20H20N2OS/c23-20(15-24-19-21-13-7-8-14-22(19)20)18(16-9-3-1-4-10-16)17-11-5-2-6-12-17/h1-12,18,23H,13-15H2. The van der Waals surface area contributed by atoms with E-state index in [1.165, 1.54) is 0 Å². The third kappa shape index (κ3) is 2.66. The zero-order chi connectivity index (χ0) is 16.4. The van der Waals surface area contributed by atoms with Crippen LogP contribution in [0.25, 0.3) is 0 Å². The molecule has 0 aromatic heterocycles. The van der Waals surface area contributed by atoms with E-state index in [0.29, 0.717) is 18.8 Å². The Balaban J connectivity index is 1.83. The van der Waals surface area contributed by atoms with Crippen LogP contribution in [0.15, 0.2) is 77.8 Å². The minimum atomic E-state index is -0.985. The largest absolute Gasteiger partial charge is 0.369 e. The molecule has 122 valence electrons. The van der Waals surface area contributed by atoms with Gasteiger partial charge in [0.15, 0.2) is 10.9 Å². The normalized spacial score (nSPS) is 23.1. The van der Waals surface area contributed by atoms with Gasteiger partial charge in [-0.05, 0) is 11.1 Å². The monoisotopic (exact) mass is 336 g/mol. The highest BCUT2D eigenvalue weighted by Crippen LogP contribution is 2.44. The summed E-state index contributed by atoms with van der Waals surface area (Å²) in [5.74, 6) is 0.500. The molecule has 4 heteroatoms. The smallest absolute Gasteiger partial charge is 0.162 e. The summed E-state index contributed by atoms with van der Waals surface area (Å²) in [6.45, 7) is 1.38. The highest BCUT2D eigenvalue weighted by molar-refractivity contribution is 8.14. The summed E-state index contributed by atoms with van der Waals surface area (Å²) in [5, 5.41) is 12.7. The second-order valence-corrected chi connectivity index (χ2v) is 7.07. The van der Waals surface area contributed by atoms with Crippen molar-refractivity contribution in [2.75, 3.05) is 18.8 Å². The van der Waals surface area contributed by atoms with Crippen molar-refractivity contribution in [3.8, 4) is 0 Å². The van der Waals surface area contributed by atoms with Gasteiger partial charge in [-0.3, -0.25) is 4.99 Å². The first kappa shape index (κ1) is 15.5. The number of aliphatic hydroxyl groups is 1. The average molecular weight is 336 g/mol. The van der Waals surface area contributed by atoms with Crippen LogP contribution in [-0.4, -0.2) is 39.7 Å². The minimum Gasteiger partial charge on any atom is -0.369 e. The number of aliphatic imine (C=N–C) groups is 1. The third-order valence-corrected chi connectivity index (χ3v) is 5.80. The second-order valence-electron chi connectivity index (χ2n) is 6.13. The van der Waals surface area contributed by atoms with Gasteiger partial charge < -0.3 is 10.0 Å². The van der Waals surface area contributed by atoms with Gasteiger partial charge in [0, 0.05) is 6.54 Å². The quantitative estimate of drug-likeness (QED) is 0.872. The summed E-state index contributed by atoms with van der Waals surface area (Å²) >= 11 is 1.65. The van der Waals surface area contributed by atoms with E-state index in [4.69, 9.17) is 0 Å². The number of nitrogens with zero attached hydrogens (tertiary/aromatic N) is 2. The Morgan fingerprint density at radius 3 is 2.21 bits per heavy atom. The molecule has 24 heavy (non-hydrogen) atoms. The molecule has 1 N–H and O–H groups in total. The summed E-state index contributed by atoms with van der Waals surface area (Å²) < 4.78 is 0. The van der Waals surface area contributed by atoms with Gasteiger partial charge in [0.1, 0.15) is 0 Å². The van der Waals surface area contributed by atoms with Gasteiger partial charge in [-0.15, -0.1) is 0 Å². The molecule has 2 heterocycles. The average Bonchev–Trinajstić information content (AvgIpc) is 2.80. The van der Waals surface area contributed by atoms with Gasteiger partial charge >= 0.3 is 0 Å². The lowest BCUT2D eigenvalue weighted by Crippen LogP contribution is -2.52. The van der Waals surface area contributed by atoms with Gasteiger partial charge in [-0.2, -0.15) is 0 Å².